The molecule has 0 saturated heterocycles. The molecule has 0 fully saturated rings. The third-order valence-corrected chi connectivity index (χ3v) is 7.72. The Hall–Kier alpha value is -3.50. The zero-order valence-electron chi connectivity index (χ0n) is 22.2. The van der Waals surface area contributed by atoms with Gasteiger partial charge < -0.3 is 19.7 Å². The first-order chi connectivity index (χ1) is 18.3. The molecule has 3 heterocycles. The lowest BCUT2D eigenvalue weighted by Crippen LogP contribution is -2.29. The Morgan fingerprint density at radius 1 is 1.21 bits per heavy atom. The highest BCUT2D eigenvalue weighted by atomic mass is 79.9. The second-order valence-corrected chi connectivity index (χ2v) is 10.9. The van der Waals surface area contributed by atoms with E-state index in [0.29, 0.717) is 30.3 Å². The van der Waals surface area contributed by atoms with Crippen LogP contribution < -0.4 is 10.2 Å². The number of nitro groups is 1. The van der Waals surface area contributed by atoms with Gasteiger partial charge in [0.05, 0.1) is 26.3 Å². The number of likely N-dealkylation sites (N-methyl/N-ethyl adjacent to an activating group) is 2. The Morgan fingerprint density at radius 2 is 2.03 bits per heavy atom. The summed E-state index contributed by atoms with van der Waals surface area (Å²) in [6.45, 7) is 4.50. The van der Waals surface area contributed by atoms with Crippen molar-refractivity contribution in [1.29, 1.82) is 0 Å². The van der Waals surface area contributed by atoms with Crippen LogP contribution in [0.1, 0.15) is 24.5 Å². The Balaban J connectivity index is 1.53. The number of aromatic nitrogens is 3. The topological polar surface area (TPSA) is 92.4 Å². The fourth-order valence-corrected chi connectivity index (χ4v) is 5.54. The lowest BCUT2D eigenvalue weighted by Gasteiger charge is -2.23. The minimum absolute atomic E-state index is 0.0530. The zero-order chi connectivity index (χ0) is 27.0. The average molecular weight is 579 g/mol. The molecule has 0 spiro atoms. The fourth-order valence-electron chi connectivity index (χ4n) is 5.13. The van der Waals surface area contributed by atoms with Gasteiger partial charge in [-0.25, -0.2) is 9.97 Å². The molecule has 0 aliphatic carbocycles. The van der Waals surface area contributed by atoms with Crippen molar-refractivity contribution in [3.63, 3.8) is 0 Å². The van der Waals surface area contributed by atoms with Crippen molar-refractivity contribution in [2.75, 3.05) is 44.4 Å². The minimum atomic E-state index is -0.326. The third-order valence-electron chi connectivity index (χ3n) is 7.14. The molecule has 198 valence electrons. The van der Waals surface area contributed by atoms with Crippen LogP contribution in [-0.4, -0.2) is 58.6 Å². The van der Waals surface area contributed by atoms with Crippen molar-refractivity contribution in [1.82, 2.24) is 19.4 Å². The summed E-state index contributed by atoms with van der Waals surface area (Å²) in [7, 11) is 5.87. The number of nitrogens with zero attached hydrogens (tertiary/aromatic N) is 6. The van der Waals surface area contributed by atoms with Gasteiger partial charge in [0.15, 0.2) is 0 Å². The summed E-state index contributed by atoms with van der Waals surface area (Å²) in [4.78, 5) is 25.1. The minimum Gasteiger partial charge on any atom is -0.368 e. The van der Waals surface area contributed by atoms with Gasteiger partial charge in [-0.1, -0.05) is 25.1 Å². The molecule has 1 N–H and O–H groups in total. The van der Waals surface area contributed by atoms with E-state index >= 15 is 0 Å². The predicted octanol–water partition coefficient (Wildman–Crippen LogP) is 6.02. The van der Waals surface area contributed by atoms with Gasteiger partial charge in [-0.2, -0.15) is 0 Å². The Labute approximate surface area is 230 Å². The molecule has 0 unspecified atom stereocenters. The largest absolute Gasteiger partial charge is 0.368 e. The number of nitrogens with one attached hydrogen (secondary N) is 1. The first-order valence-corrected chi connectivity index (χ1v) is 13.6. The zero-order valence-corrected chi connectivity index (χ0v) is 23.7. The second-order valence-electron chi connectivity index (χ2n) is 10.0. The number of halogens is 1. The molecule has 2 aromatic heterocycles. The molecule has 10 heteroatoms. The molecule has 0 amide bonds. The van der Waals surface area contributed by atoms with E-state index in [0.717, 1.165) is 47.2 Å². The van der Waals surface area contributed by atoms with Gasteiger partial charge in [-0.05, 0) is 66.5 Å². The fraction of sp³-hybridized carbons (Fsp3) is 0.357. The van der Waals surface area contributed by atoms with Crippen LogP contribution in [0.25, 0.3) is 22.2 Å². The van der Waals surface area contributed by atoms with Crippen molar-refractivity contribution in [3.8, 4) is 11.3 Å². The molecule has 38 heavy (non-hydrogen) atoms. The second kappa shape index (κ2) is 10.7. The number of nitro benzene ring substituents is 1. The van der Waals surface area contributed by atoms with Crippen LogP contribution >= 0.6 is 15.9 Å². The van der Waals surface area contributed by atoms with E-state index in [2.05, 4.69) is 60.1 Å². The average Bonchev–Trinajstić information content (AvgIpc) is 3.28. The summed E-state index contributed by atoms with van der Waals surface area (Å²) in [6, 6.07) is 9.95. The molecule has 9 nitrogen and oxygen atoms in total. The van der Waals surface area contributed by atoms with Crippen molar-refractivity contribution in [2.24, 2.45) is 0 Å². The number of para-hydroxylation sites is 1. The van der Waals surface area contributed by atoms with E-state index in [1.54, 1.807) is 12.3 Å². The first kappa shape index (κ1) is 26.1. The van der Waals surface area contributed by atoms with E-state index in [1.807, 2.05) is 39.0 Å². The summed E-state index contributed by atoms with van der Waals surface area (Å²) in [5.74, 6) is 0.396. The molecule has 1 aliphatic rings. The van der Waals surface area contributed by atoms with Crippen molar-refractivity contribution < 1.29 is 4.92 Å². The standard InChI is InChI=1S/C28H32BrN7O2/c1-5-18-14-24(34(4)13-12-33(2)3)25(36(37)38)15-23(18)31-28-30-16-22(29)26(32-28)21-17-35-11-7-9-19-8-6-10-20(21)27(19)35/h6,8,10,14-17H,5,7,9,11-13H2,1-4H3,(H,30,31,32). The SMILES string of the molecule is CCc1cc(N(C)CCN(C)C)c([N+](=O)[O-])cc1Nc1ncc(Br)c(-c2cn3c4c(cccc24)CCC3)n1. The molecule has 1 aliphatic heterocycles. The van der Waals surface area contributed by atoms with Crippen LogP contribution in [0.4, 0.5) is 23.0 Å². The number of anilines is 3. The van der Waals surface area contributed by atoms with Crippen LogP contribution in [0, 0.1) is 10.1 Å². The van der Waals surface area contributed by atoms with Gasteiger partial charge in [-0.15, -0.1) is 0 Å². The quantitative estimate of drug-likeness (QED) is 0.192. The molecular weight excluding hydrogens is 546 g/mol. The van der Waals surface area contributed by atoms with Gasteiger partial charge in [0.1, 0.15) is 5.69 Å². The molecule has 0 atom stereocenters. The van der Waals surface area contributed by atoms with Crippen LogP contribution in [0.2, 0.25) is 0 Å². The third kappa shape index (κ3) is 4.98. The van der Waals surface area contributed by atoms with Crippen LogP contribution in [0.5, 0.6) is 0 Å². The number of benzene rings is 2. The molecule has 0 bridgehead atoms. The van der Waals surface area contributed by atoms with E-state index in [9.17, 15) is 10.1 Å². The number of hydrogen-bond donors (Lipinski definition) is 1. The van der Waals surface area contributed by atoms with Gasteiger partial charge in [0.25, 0.3) is 5.69 Å². The molecule has 4 aromatic rings. The highest BCUT2D eigenvalue weighted by Crippen LogP contribution is 2.39. The van der Waals surface area contributed by atoms with Crippen LogP contribution in [0.3, 0.4) is 0 Å². The van der Waals surface area contributed by atoms with Crippen LogP contribution in [-0.2, 0) is 19.4 Å². The van der Waals surface area contributed by atoms with E-state index in [-0.39, 0.29) is 10.6 Å². The van der Waals surface area contributed by atoms with Crippen LogP contribution in [0.15, 0.2) is 47.2 Å². The van der Waals surface area contributed by atoms with Crippen molar-refractivity contribution >= 4 is 49.8 Å². The van der Waals surface area contributed by atoms with E-state index in [4.69, 9.17) is 4.98 Å². The van der Waals surface area contributed by atoms with E-state index < -0.39 is 0 Å². The molecule has 2 aromatic carbocycles. The summed E-state index contributed by atoms with van der Waals surface area (Å²) in [5.41, 5.74) is 6.72. The lowest BCUT2D eigenvalue weighted by molar-refractivity contribution is -0.384. The summed E-state index contributed by atoms with van der Waals surface area (Å²) >= 11 is 3.65. The van der Waals surface area contributed by atoms with Gasteiger partial charge in [0.2, 0.25) is 5.95 Å². The molecule has 5 rings (SSSR count). The van der Waals surface area contributed by atoms with E-state index in [1.165, 1.54) is 16.5 Å². The smallest absolute Gasteiger partial charge is 0.294 e. The first-order valence-electron chi connectivity index (χ1n) is 12.8. The maximum atomic E-state index is 12.0. The molecular formula is C28H32BrN7O2. The van der Waals surface area contributed by atoms with Crippen molar-refractivity contribution in [3.05, 3.63) is 68.4 Å². The highest BCUT2D eigenvalue weighted by molar-refractivity contribution is 9.10. The van der Waals surface area contributed by atoms with Crippen molar-refractivity contribution in [2.45, 2.75) is 32.7 Å². The lowest BCUT2D eigenvalue weighted by atomic mass is 10.0. The Kier molecular flexibility index (Phi) is 7.36. The summed E-state index contributed by atoms with van der Waals surface area (Å²) in [6.07, 6.45) is 6.81. The number of aryl methyl sites for hydroxylation is 3. The Bertz CT molecular complexity index is 1520. The predicted molar refractivity (Wildman–Crippen MR) is 157 cm³/mol. The molecule has 0 radical (unpaired) electrons. The van der Waals surface area contributed by atoms with Gasteiger partial charge in [-0.3, -0.25) is 10.1 Å². The normalized spacial score (nSPS) is 12.8. The Morgan fingerprint density at radius 3 is 2.76 bits per heavy atom. The monoisotopic (exact) mass is 577 g/mol. The highest BCUT2D eigenvalue weighted by Gasteiger charge is 2.23. The maximum absolute atomic E-state index is 12.0. The summed E-state index contributed by atoms with van der Waals surface area (Å²) in [5, 5.41) is 16.5. The number of rotatable bonds is 9. The molecule has 0 saturated carbocycles. The number of hydrogen-bond acceptors (Lipinski definition) is 7. The van der Waals surface area contributed by atoms with Gasteiger partial charge in [0, 0.05) is 56.1 Å². The van der Waals surface area contributed by atoms with Gasteiger partial charge >= 0.3 is 0 Å². The maximum Gasteiger partial charge on any atom is 0.294 e. The summed E-state index contributed by atoms with van der Waals surface area (Å²) < 4.78 is 3.11.